The van der Waals surface area contributed by atoms with Gasteiger partial charge < -0.3 is 9.32 Å². The highest BCUT2D eigenvalue weighted by Gasteiger charge is 2.43. The molecule has 1 unspecified atom stereocenters. The molecule has 1 aliphatic heterocycles. The molecule has 1 aromatic heterocycles. The molecule has 2 heterocycles. The third-order valence-electron chi connectivity index (χ3n) is 6.61. The van der Waals surface area contributed by atoms with Gasteiger partial charge in [-0.05, 0) is 59.7 Å². The van der Waals surface area contributed by atoms with E-state index in [9.17, 15) is 9.59 Å². The van der Waals surface area contributed by atoms with Gasteiger partial charge in [-0.3, -0.25) is 9.59 Å². The molecular weight excluding hydrogens is 446 g/mol. The van der Waals surface area contributed by atoms with Crippen molar-refractivity contribution in [1.82, 2.24) is 4.90 Å². The number of amides is 1. The molecule has 3 aromatic carbocycles. The molecule has 1 aliphatic rings. The second kappa shape index (κ2) is 8.44. The lowest BCUT2D eigenvalue weighted by Crippen LogP contribution is -2.29. The number of hydrogen-bond donors (Lipinski definition) is 0. The van der Waals surface area contributed by atoms with Crippen molar-refractivity contribution < 1.29 is 9.21 Å². The van der Waals surface area contributed by atoms with E-state index >= 15 is 0 Å². The summed E-state index contributed by atoms with van der Waals surface area (Å²) in [7, 11) is 0. The zero-order valence-corrected chi connectivity index (χ0v) is 20.4. The van der Waals surface area contributed by atoms with Gasteiger partial charge in [-0.2, -0.15) is 0 Å². The smallest absolute Gasteiger partial charge is 0.291 e. The number of benzene rings is 3. The van der Waals surface area contributed by atoms with Crippen molar-refractivity contribution in [3.05, 3.63) is 115 Å². The Morgan fingerprint density at radius 1 is 1.00 bits per heavy atom. The Hall–Kier alpha value is -3.37. The van der Waals surface area contributed by atoms with E-state index in [0.29, 0.717) is 27.5 Å². The maximum absolute atomic E-state index is 13.8. The number of halogens is 1. The number of aryl methyl sites for hydroxylation is 2. The zero-order valence-electron chi connectivity index (χ0n) is 19.7. The number of rotatable bonds is 4. The SMILES string of the molecule is Cc1cc(C)c2oc3c(c(=O)c2c1)C(c1ccc(C(C)C)cc1)N(Cc1ccccc1Cl)C3=O. The van der Waals surface area contributed by atoms with Gasteiger partial charge >= 0.3 is 0 Å². The lowest BCUT2D eigenvalue weighted by molar-refractivity contribution is 0.0714. The highest BCUT2D eigenvalue weighted by atomic mass is 35.5. The van der Waals surface area contributed by atoms with Crippen LogP contribution in [0.15, 0.2) is 69.9 Å². The van der Waals surface area contributed by atoms with Crippen LogP contribution in [0.5, 0.6) is 0 Å². The molecule has 5 rings (SSSR count). The summed E-state index contributed by atoms with van der Waals surface area (Å²) in [6.07, 6.45) is 0. The van der Waals surface area contributed by atoms with Crippen LogP contribution >= 0.6 is 11.6 Å². The van der Waals surface area contributed by atoms with Crippen LogP contribution in [0.4, 0.5) is 0 Å². The van der Waals surface area contributed by atoms with Crippen LogP contribution in [0.2, 0.25) is 5.02 Å². The minimum absolute atomic E-state index is 0.120. The Labute approximate surface area is 203 Å². The van der Waals surface area contributed by atoms with Gasteiger partial charge in [0.2, 0.25) is 5.76 Å². The average Bonchev–Trinajstić information content (AvgIpc) is 3.08. The standard InChI is InChI=1S/C29H26ClNO3/c1-16(2)19-9-11-20(12-10-19)25-24-26(32)22-14-17(3)13-18(4)27(22)34-28(24)29(33)31(25)15-21-7-5-6-8-23(21)30/h5-14,16,25H,15H2,1-4H3. The first-order valence-electron chi connectivity index (χ1n) is 11.5. The first-order chi connectivity index (χ1) is 16.3. The van der Waals surface area contributed by atoms with Gasteiger partial charge in [-0.15, -0.1) is 0 Å². The van der Waals surface area contributed by atoms with E-state index in [0.717, 1.165) is 22.3 Å². The van der Waals surface area contributed by atoms with E-state index in [1.165, 1.54) is 5.56 Å². The van der Waals surface area contributed by atoms with E-state index in [1.807, 2.05) is 56.3 Å². The number of hydrogen-bond acceptors (Lipinski definition) is 3. The summed E-state index contributed by atoms with van der Waals surface area (Å²) in [5, 5.41) is 1.09. The summed E-state index contributed by atoms with van der Waals surface area (Å²) < 4.78 is 6.17. The molecular formula is C29H26ClNO3. The molecule has 0 saturated carbocycles. The molecule has 0 aliphatic carbocycles. The minimum Gasteiger partial charge on any atom is -0.450 e. The molecule has 0 spiro atoms. The third kappa shape index (κ3) is 3.63. The second-order valence-electron chi connectivity index (χ2n) is 9.38. The summed E-state index contributed by atoms with van der Waals surface area (Å²) in [5.74, 6) is 0.201. The van der Waals surface area contributed by atoms with Crippen LogP contribution in [0.1, 0.15) is 69.7 Å². The molecule has 1 amide bonds. The van der Waals surface area contributed by atoms with Crippen molar-refractivity contribution in [2.45, 2.75) is 46.2 Å². The van der Waals surface area contributed by atoms with Gasteiger partial charge in [-0.1, -0.05) is 74.0 Å². The fourth-order valence-corrected chi connectivity index (χ4v) is 5.05. The Kier molecular flexibility index (Phi) is 5.57. The average molecular weight is 472 g/mol. The predicted molar refractivity (Wildman–Crippen MR) is 136 cm³/mol. The van der Waals surface area contributed by atoms with Crippen LogP contribution in [0, 0.1) is 13.8 Å². The predicted octanol–water partition coefficient (Wildman–Crippen LogP) is 6.93. The van der Waals surface area contributed by atoms with Crippen LogP contribution in [-0.2, 0) is 6.54 Å². The highest BCUT2D eigenvalue weighted by molar-refractivity contribution is 6.31. The Morgan fingerprint density at radius 3 is 2.38 bits per heavy atom. The van der Waals surface area contributed by atoms with Gasteiger partial charge in [0, 0.05) is 11.6 Å². The number of fused-ring (bicyclic) bond motifs is 2. The topological polar surface area (TPSA) is 50.5 Å². The van der Waals surface area contributed by atoms with Gasteiger partial charge in [0.05, 0.1) is 17.0 Å². The summed E-state index contributed by atoms with van der Waals surface area (Å²) in [6.45, 7) is 8.40. The molecule has 1 atom stereocenters. The molecule has 5 heteroatoms. The van der Waals surface area contributed by atoms with Crippen molar-refractivity contribution in [3.8, 4) is 0 Å². The van der Waals surface area contributed by atoms with Crippen molar-refractivity contribution in [2.75, 3.05) is 0 Å². The molecule has 0 radical (unpaired) electrons. The normalized spacial score (nSPS) is 15.4. The first kappa shape index (κ1) is 22.4. The van der Waals surface area contributed by atoms with Crippen molar-refractivity contribution in [1.29, 1.82) is 0 Å². The van der Waals surface area contributed by atoms with Crippen molar-refractivity contribution >= 4 is 28.5 Å². The summed E-state index contributed by atoms with van der Waals surface area (Å²) >= 11 is 6.44. The van der Waals surface area contributed by atoms with Crippen LogP contribution in [-0.4, -0.2) is 10.8 Å². The largest absolute Gasteiger partial charge is 0.450 e. The number of nitrogens with zero attached hydrogens (tertiary/aromatic N) is 1. The Bertz CT molecular complexity index is 1480. The first-order valence-corrected chi connectivity index (χ1v) is 11.9. The van der Waals surface area contributed by atoms with E-state index in [1.54, 1.807) is 11.0 Å². The monoisotopic (exact) mass is 471 g/mol. The lowest BCUT2D eigenvalue weighted by Gasteiger charge is -2.26. The van der Waals surface area contributed by atoms with Crippen LogP contribution in [0.25, 0.3) is 11.0 Å². The van der Waals surface area contributed by atoms with Crippen LogP contribution < -0.4 is 5.43 Å². The van der Waals surface area contributed by atoms with E-state index in [-0.39, 0.29) is 23.6 Å². The fraction of sp³-hybridized carbons (Fsp3) is 0.241. The molecule has 4 nitrogen and oxygen atoms in total. The lowest BCUT2D eigenvalue weighted by atomic mass is 9.94. The van der Waals surface area contributed by atoms with Gasteiger partial charge in [0.15, 0.2) is 5.43 Å². The zero-order chi connectivity index (χ0) is 24.1. The molecule has 0 fully saturated rings. The van der Waals surface area contributed by atoms with Gasteiger partial charge in [0.25, 0.3) is 5.91 Å². The van der Waals surface area contributed by atoms with Crippen molar-refractivity contribution in [3.63, 3.8) is 0 Å². The number of carbonyl (C=O) groups is 1. The second-order valence-corrected chi connectivity index (χ2v) is 9.79. The molecule has 0 N–H and O–H groups in total. The van der Waals surface area contributed by atoms with E-state index in [2.05, 4.69) is 26.0 Å². The molecule has 0 saturated heterocycles. The van der Waals surface area contributed by atoms with Gasteiger partial charge in [0.1, 0.15) is 5.58 Å². The number of carbonyl (C=O) groups excluding carboxylic acids is 1. The summed E-state index contributed by atoms with van der Waals surface area (Å²) in [6, 6.07) is 18.8. The molecule has 0 bridgehead atoms. The summed E-state index contributed by atoms with van der Waals surface area (Å²) in [4.78, 5) is 29.2. The molecule has 34 heavy (non-hydrogen) atoms. The fourth-order valence-electron chi connectivity index (χ4n) is 4.86. The molecule has 4 aromatic rings. The van der Waals surface area contributed by atoms with Crippen molar-refractivity contribution in [2.24, 2.45) is 0 Å². The van der Waals surface area contributed by atoms with Gasteiger partial charge in [-0.25, -0.2) is 0 Å². The minimum atomic E-state index is -0.554. The maximum Gasteiger partial charge on any atom is 0.291 e. The molecule has 172 valence electrons. The quantitative estimate of drug-likeness (QED) is 0.324. The Morgan fingerprint density at radius 2 is 1.71 bits per heavy atom. The maximum atomic E-state index is 13.8. The summed E-state index contributed by atoms with van der Waals surface area (Å²) in [5.41, 5.74) is 5.41. The highest BCUT2D eigenvalue weighted by Crippen LogP contribution is 2.40. The van der Waals surface area contributed by atoms with E-state index in [4.69, 9.17) is 16.0 Å². The Balaban J connectivity index is 1.74. The van der Waals surface area contributed by atoms with Crippen LogP contribution in [0.3, 0.4) is 0 Å². The third-order valence-corrected chi connectivity index (χ3v) is 6.98. The van der Waals surface area contributed by atoms with E-state index < -0.39 is 6.04 Å².